The molecule has 0 bridgehead atoms. The lowest BCUT2D eigenvalue weighted by molar-refractivity contribution is -0.118. The van der Waals surface area contributed by atoms with Crippen LogP contribution in [0.25, 0.3) is 0 Å². The number of rotatable bonds is 5. The van der Waals surface area contributed by atoms with Crippen molar-refractivity contribution in [3.8, 4) is 0 Å². The van der Waals surface area contributed by atoms with Gasteiger partial charge in [0.15, 0.2) is 0 Å². The van der Waals surface area contributed by atoms with Crippen molar-refractivity contribution in [2.24, 2.45) is 0 Å². The highest BCUT2D eigenvalue weighted by molar-refractivity contribution is 6.07. The van der Waals surface area contributed by atoms with Crippen molar-refractivity contribution in [2.75, 3.05) is 10.6 Å². The quantitative estimate of drug-likeness (QED) is 0.636. The number of anilines is 2. The van der Waals surface area contributed by atoms with E-state index in [4.69, 9.17) is 0 Å². The van der Waals surface area contributed by atoms with Gasteiger partial charge in [-0.2, -0.15) is 0 Å². The van der Waals surface area contributed by atoms with Crippen LogP contribution >= 0.6 is 0 Å². The third-order valence-corrected chi connectivity index (χ3v) is 3.07. The van der Waals surface area contributed by atoms with E-state index in [1.54, 1.807) is 0 Å². The van der Waals surface area contributed by atoms with Gasteiger partial charge >= 0.3 is 0 Å². The SMILES string of the molecule is C=C(CC(=O)Nc1cc(F)ccc1F)C(=O)Nc1cc(F)ccc1F. The fraction of sp³-hybridized carbons (Fsp3) is 0.0588. The Balaban J connectivity index is 1.98. The molecule has 0 saturated carbocycles. The molecule has 130 valence electrons. The van der Waals surface area contributed by atoms with Crippen molar-refractivity contribution in [1.82, 2.24) is 0 Å². The lowest BCUT2D eigenvalue weighted by Crippen LogP contribution is -2.20. The number of hydrogen-bond acceptors (Lipinski definition) is 2. The van der Waals surface area contributed by atoms with Gasteiger partial charge < -0.3 is 10.6 Å². The van der Waals surface area contributed by atoms with E-state index in [-0.39, 0.29) is 5.57 Å². The van der Waals surface area contributed by atoms with Gasteiger partial charge in [0.05, 0.1) is 17.8 Å². The zero-order chi connectivity index (χ0) is 18.6. The van der Waals surface area contributed by atoms with Crippen LogP contribution in [0.3, 0.4) is 0 Å². The molecule has 4 nitrogen and oxygen atoms in total. The Kier molecular flexibility index (Phi) is 5.53. The Morgan fingerprint density at radius 2 is 1.32 bits per heavy atom. The van der Waals surface area contributed by atoms with Crippen molar-refractivity contribution in [1.29, 1.82) is 0 Å². The van der Waals surface area contributed by atoms with E-state index in [0.29, 0.717) is 0 Å². The van der Waals surface area contributed by atoms with Crippen molar-refractivity contribution in [2.45, 2.75) is 6.42 Å². The van der Waals surface area contributed by atoms with Gasteiger partial charge in [-0.05, 0) is 24.3 Å². The van der Waals surface area contributed by atoms with Crippen LogP contribution in [0.4, 0.5) is 28.9 Å². The van der Waals surface area contributed by atoms with Crippen molar-refractivity contribution in [3.63, 3.8) is 0 Å². The van der Waals surface area contributed by atoms with Crippen LogP contribution in [0.1, 0.15) is 6.42 Å². The van der Waals surface area contributed by atoms with Crippen LogP contribution in [-0.4, -0.2) is 11.8 Å². The monoisotopic (exact) mass is 352 g/mol. The molecular weight excluding hydrogens is 340 g/mol. The number of carbonyl (C=O) groups is 2. The number of carbonyl (C=O) groups excluding carboxylic acids is 2. The Bertz CT molecular complexity index is 853. The number of hydrogen-bond donors (Lipinski definition) is 2. The minimum atomic E-state index is -0.917. The predicted molar refractivity (Wildman–Crippen MR) is 83.7 cm³/mol. The van der Waals surface area contributed by atoms with Gasteiger partial charge in [0.25, 0.3) is 5.91 Å². The molecule has 0 radical (unpaired) electrons. The molecule has 2 amide bonds. The van der Waals surface area contributed by atoms with E-state index in [1.807, 2.05) is 0 Å². The first-order chi connectivity index (χ1) is 11.8. The molecule has 2 aromatic carbocycles. The second-order valence-electron chi connectivity index (χ2n) is 5.03. The summed E-state index contributed by atoms with van der Waals surface area (Å²) >= 11 is 0. The maximum absolute atomic E-state index is 13.5. The lowest BCUT2D eigenvalue weighted by atomic mass is 10.1. The van der Waals surface area contributed by atoms with Crippen LogP contribution in [0, 0.1) is 23.3 Å². The first kappa shape index (κ1) is 18.2. The topological polar surface area (TPSA) is 58.2 Å². The normalized spacial score (nSPS) is 10.2. The van der Waals surface area contributed by atoms with Crippen LogP contribution in [0.15, 0.2) is 48.6 Å². The molecule has 0 aliphatic carbocycles. The molecule has 2 rings (SSSR count). The molecular formula is C17H12F4N2O2. The number of amides is 2. The van der Waals surface area contributed by atoms with Crippen molar-refractivity contribution >= 4 is 23.2 Å². The van der Waals surface area contributed by atoms with E-state index < -0.39 is 52.9 Å². The fourth-order valence-electron chi connectivity index (χ4n) is 1.87. The summed E-state index contributed by atoms with van der Waals surface area (Å²) in [6.07, 6.45) is -0.557. The second-order valence-corrected chi connectivity index (χ2v) is 5.03. The molecule has 0 aliphatic rings. The van der Waals surface area contributed by atoms with Gasteiger partial charge in [-0.15, -0.1) is 0 Å². The summed E-state index contributed by atoms with van der Waals surface area (Å²) in [4.78, 5) is 23.7. The molecule has 0 saturated heterocycles. The third-order valence-electron chi connectivity index (χ3n) is 3.07. The summed E-state index contributed by atoms with van der Waals surface area (Å²) in [6, 6.07) is 4.96. The van der Waals surface area contributed by atoms with Crippen LogP contribution in [0.5, 0.6) is 0 Å². The van der Waals surface area contributed by atoms with E-state index in [2.05, 4.69) is 17.2 Å². The molecule has 2 aromatic rings. The molecule has 8 heteroatoms. The Labute approximate surface area is 140 Å². The molecule has 0 aromatic heterocycles. The summed E-state index contributed by atoms with van der Waals surface area (Å²) in [5.74, 6) is -4.99. The van der Waals surface area contributed by atoms with Crippen LogP contribution in [0.2, 0.25) is 0 Å². The molecule has 0 aliphatic heterocycles. The van der Waals surface area contributed by atoms with Gasteiger partial charge in [-0.25, -0.2) is 17.6 Å². The van der Waals surface area contributed by atoms with E-state index in [1.165, 1.54) is 0 Å². The highest BCUT2D eigenvalue weighted by Gasteiger charge is 2.16. The Morgan fingerprint density at radius 3 is 1.84 bits per heavy atom. The first-order valence-corrected chi connectivity index (χ1v) is 6.95. The zero-order valence-corrected chi connectivity index (χ0v) is 12.7. The summed E-state index contributed by atoms with van der Waals surface area (Å²) < 4.78 is 53.0. The van der Waals surface area contributed by atoms with Gasteiger partial charge in [0.2, 0.25) is 5.91 Å². The van der Waals surface area contributed by atoms with Crippen molar-refractivity contribution in [3.05, 3.63) is 71.8 Å². The van der Waals surface area contributed by atoms with E-state index >= 15 is 0 Å². The number of benzene rings is 2. The Morgan fingerprint density at radius 1 is 0.840 bits per heavy atom. The zero-order valence-electron chi connectivity index (χ0n) is 12.7. The standard InChI is InChI=1S/C17H12F4N2O2/c1-9(17(25)23-15-8-11(19)3-5-13(15)21)6-16(24)22-14-7-10(18)2-4-12(14)20/h2-5,7-8H,1,6H2,(H,22,24)(H,23,25). The summed E-state index contributed by atoms with van der Waals surface area (Å²) in [5, 5.41) is 4.17. The van der Waals surface area contributed by atoms with Gasteiger partial charge in [0, 0.05) is 17.7 Å². The summed E-state index contributed by atoms with van der Waals surface area (Å²) in [6.45, 7) is 3.37. The van der Waals surface area contributed by atoms with Gasteiger partial charge in [-0.3, -0.25) is 9.59 Å². The maximum atomic E-state index is 13.5. The highest BCUT2D eigenvalue weighted by atomic mass is 19.1. The van der Waals surface area contributed by atoms with Crippen molar-refractivity contribution < 1.29 is 27.2 Å². The highest BCUT2D eigenvalue weighted by Crippen LogP contribution is 2.18. The smallest absolute Gasteiger partial charge is 0.251 e. The molecule has 2 N–H and O–H groups in total. The number of nitrogens with one attached hydrogen (secondary N) is 2. The predicted octanol–water partition coefficient (Wildman–Crippen LogP) is 3.77. The van der Waals surface area contributed by atoms with Gasteiger partial charge in [0.1, 0.15) is 23.3 Å². The molecule has 0 fully saturated rings. The third kappa shape index (κ3) is 4.90. The molecule has 25 heavy (non-hydrogen) atoms. The molecule has 0 unspecified atom stereocenters. The summed E-state index contributed by atoms with van der Waals surface area (Å²) in [7, 11) is 0. The second kappa shape index (κ2) is 7.61. The molecule has 0 heterocycles. The minimum Gasteiger partial charge on any atom is -0.323 e. The maximum Gasteiger partial charge on any atom is 0.251 e. The molecule has 0 spiro atoms. The van der Waals surface area contributed by atoms with E-state index in [0.717, 1.165) is 36.4 Å². The average molecular weight is 352 g/mol. The minimum absolute atomic E-state index is 0.280. The van der Waals surface area contributed by atoms with Crippen LogP contribution in [-0.2, 0) is 9.59 Å². The molecule has 0 atom stereocenters. The van der Waals surface area contributed by atoms with E-state index in [9.17, 15) is 27.2 Å². The number of halogens is 4. The summed E-state index contributed by atoms with van der Waals surface area (Å²) in [5.41, 5.74) is -1.09. The fourth-order valence-corrected chi connectivity index (χ4v) is 1.87. The first-order valence-electron chi connectivity index (χ1n) is 6.95. The van der Waals surface area contributed by atoms with Gasteiger partial charge in [-0.1, -0.05) is 6.58 Å². The largest absolute Gasteiger partial charge is 0.323 e. The average Bonchev–Trinajstić information content (AvgIpc) is 2.54. The lowest BCUT2D eigenvalue weighted by Gasteiger charge is -2.10. The Hall–Kier alpha value is -3.16. The van der Waals surface area contributed by atoms with Crippen LogP contribution < -0.4 is 10.6 Å².